The fraction of sp³-hybridized carbons (Fsp3) is 0.556. The molecule has 0 aromatic carbocycles. The molecule has 0 bridgehead atoms. The second-order valence-electron chi connectivity index (χ2n) is 2.47. The van der Waals surface area contributed by atoms with Crippen LogP contribution in [0, 0.1) is 0 Å². The van der Waals surface area contributed by atoms with Gasteiger partial charge in [-0.3, -0.25) is 0 Å². The Morgan fingerprint density at radius 2 is 2.00 bits per heavy atom. The van der Waals surface area contributed by atoms with Crippen molar-refractivity contribution in [2.75, 3.05) is 24.2 Å². The fourth-order valence-corrected chi connectivity index (χ4v) is 2.78. The summed E-state index contributed by atoms with van der Waals surface area (Å²) in [5.74, 6) is 0. The van der Waals surface area contributed by atoms with E-state index in [-0.39, 0.29) is 0 Å². The zero-order chi connectivity index (χ0) is 8.97. The Morgan fingerprint density at radius 3 is 2.42 bits per heavy atom. The summed E-state index contributed by atoms with van der Waals surface area (Å²) < 4.78 is 1.40. The van der Waals surface area contributed by atoms with Crippen LogP contribution in [0.2, 0.25) is 0 Å². The lowest BCUT2D eigenvalue weighted by Crippen LogP contribution is -2.20. The van der Waals surface area contributed by atoms with Crippen LogP contribution in [0.3, 0.4) is 0 Å². The lowest BCUT2D eigenvalue weighted by molar-refractivity contribution is 0.876. The topological polar surface area (TPSA) is 3.24 Å². The second-order valence-corrected chi connectivity index (χ2v) is 4.64. The Bertz CT molecular complexity index is 228. The average molecular weight is 201 g/mol. The van der Waals surface area contributed by atoms with E-state index in [2.05, 4.69) is 37.1 Å². The Kier molecular flexibility index (Phi) is 3.95. The Hall–Kier alpha value is -0.150. The lowest BCUT2D eigenvalue weighted by atomic mass is 10.5. The zero-order valence-electron chi connectivity index (χ0n) is 7.83. The van der Waals surface area contributed by atoms with E-state index in [1.807, 2.05) is 23.1 Å². The van der Waals surface area contributed by atoms with Gasteiger partial charge in [-0.05, 0) is 32.2 Å². The van der Waals surface area contributed by atoms with Gasteiger partial charge in [0.05, 0.1) is 9.21 Å². The van der Waals surface area contributed by atoms with E-state index in [1.54, 1.807) is 0 Å². The number of hydrogen-bond acceptors (Lipinski definition) is 3. The highest BCUT2D eigenvalue weighted by molar-refractivity contribution is 8.00. The summed E-state index contributed by atoms with van der Waals surface area (Å²) in [7, 11) is 0. The SMILES string of the molecule is CCN(CC)c1ccc(SC)s1. The van der Waals surface area contributed by atoms with Crippen molar-refractivity contribution in [2.24, 2.45) is 0 Å². The van der Waals surface area contributed by atoms with Gasteiger partial charge in [0, 0.05) is 13.1 Å². The Labute approximate surface area is 82.8 Å². The van der Waals surface area contributed by atoms with E-state index in [9.17, 15) is 0 Å². The van der Waals surface area contributed by atoms with Gasteiger partial charge in [0.1, 0.15) is 0 Å². The summed E-state index contributed by atoms with van der Waals surface area (Å²) in [6.07, 6.45) is 2.12. The number of thiophene rings is 1. The van der Waals surface area contributed by atoms with Crippen LogP contribution < -0.4 is 4.90 Å². The average Bonchev–Trinajstić information content (AvgIpc) is 2.55. The molecule has 0 spiro atoms. The molecule has 0 unspecified atom stereocenters. The Morgan fingerprint density at radius 1 is 1.33 bits per heavy atom. The third-order valence-electron chi connectivity index (χ3n) is 1.84. The monoisotopic (exact) mass is 201 g/mol. The molecule has 1 aromatic rings. The van der Waals surface area contributed by atoms with Gasteiger partial charge in [0.2, 0.25) is 0 Å². The minimum Gasteiger partial charge on any atom is -0.364 e. The van der Waals surface area contributed by atoms with Crippen molar-refractivity contribution in [3.8, 4) is 0 Å². The van der Waals surface area contributed by atoms with Crippen molar-refractivity contribution in [2.45, 2.75) is 18.1 Å². The van der Waals surface area contributed by atoms with E-state index in [0.29, 0.717) is 0 Å². The molecule has 0 N–H and O–H groups in total. The van der Waals surface area contributed by atoms with Crippen LogP contribution in [0.4, 0.5) is 5.00 Å². The van der Waals surface area contributed by atoms with Crippen molar-refractivity contribution in [1.82, 2.24) is 0 Å². The molecular formula is C9H15NS2. The van der Waals surface area contributed by atoms with E-state index < -0.39 is 0 Å². The number of rotatable bonds is 4. The lowest BCUT2D eigenvalue weighted by Gasteiger charge is -2.17. The third kappa shape index (κ3) is 2.17. The molecule has 1 nitrogen and oxygen atoms in total. The highest BCUT2D eigenvalue weighted by atomic mass is 32.2. The van der Waals surface area contributed by atoms with Crippen molar-refractivity contribution in [1.29, 1.82) is 0 Å². The predicted octanol–water partition coefficient (Wildman–Crippen LogP) is 3.32. The molecule has 1 rings (SSSR count). The van der Waals surface area contributed by atoms with E-state index in [0.717, 1.165) is 13.1 Å². The number of anilines is 1. The smallest absolute Gasteiger partial charge is 0.0920 e. The summed E-state index contributed by atoms with van der Waals surface area (Å²) in [5.41, 5.74) is 0. The van der Waals surface area contributed by atoms with Gasteiger partial charge in [-0.2, -0.15) is 0 Å². The maximum Gasteiger partial charge on any atom is 0.0920 e. The molecule has 0 fully saturated rings. The molecule has 0 atom stereocenters. The minimum absolute atomic E-state index is 1.10. The Balaban J connectivity index is 2.72. The molecule has 1 heterocycles. The van der Waals surface area contributed by atoms with Gasteiger partial charge in [0.25, 0.3) is 0 Å². The van der Waals surface area contributed by atoms with Crippen molar-refractivity contribution in [3.63, 3.8) is 0 Å². The molecule has 12 heavy (non-hydrogen) atoms. The van der Waals surface area contributed by atoms with Gasteiger partial charge in [-0.1, -0.05) is 0 Å². The first-order valence-corrected chi connectivity index (χ1v) is 6.24. The van der Waals surface area contributed by atoms with Crippen LogP contribution in [-0.4, -0.2) is 19.3 Å². The maximum absolute atomic E-state index is 2.38. The zero-order valence-corrected chi connectivity index (χ0v) is 9.47. The van der Waals surface area contributed by atoms with E-state index in [1.165, 1.54) is 9.21 Å². The summed E-state index contributed by atoms with van der Waals surface area (Å²) >= 11 is 3.70. The van der Waals surface area contributed by atoms with Crippen LogP contribution in [0.5, 0.6) is 0 Å². The predicted molar refractivity (Wildman–Crippen MR) is 59.7 cm³/mol. The van der Waals surface area contributed by atoms with Crippen LogP contribution in [0.15, 0.2) is 16.3 Å². The minimum atomic E-state index is 1.10. The molecule has 3 heteroatoms. The van der Waals surface area contributed by atoms with Gasteiger partial charge in [-0.25, -0.2) is 0 Å². The molecule has 0 aliphatic heterocycles. The molecule has 0 radical (unpaired) electrons. The summed E-state index contributed by atoms with van der Waals surface area (Å²) in [6, 6.07) is 4.41. The summed E-state index contributed by atoms with van der Waals surface area (Å²) in [6.45, 7) is 6.60. The number of thioether (sulfide) groups is 1. The van der Waals surface area contributed by atoms with Crippen molar-refractivity contribution in [3.05, 3.63) is 12.1 Å². The fourth-order valence-electron chi connectivity index (χ4n) is 1.13. The highest BCUT2D eigenvalue weighted by Gasteiger charge is 2.04. The standard InChI is InChI=1S/C9H15NS2/c1-4-10(5-2)8-6-7-9(11-3)12-8/h6-7H,4-5H2,1-3H3. The summed E-state index contributed by atoms with van der Waals surface area (Å²) in [4.78, 5) is 2.38. The number of hydrogen-bond donors (Lipinski definition) is 0. The quantitative estimate of drug-likeness (QED) is 0.688. The van der Waals surface area contributed by atoms with E-state index >= 15 is 0 Å². The van der Waals surface area contributed by atoms with Crippen LogP contribution in [0.1, 0.15) is 13.8 Å². The van der Waals surface area contributed by atoms with Crippen molar-refractivity contribution >= 4 is 28.1 Å². The normalized spacial score (nSPS) is 10.2. The second kappa shape index (κ2) is 4.77. The molecule has 0 saturated carbocycles. The molecule has 68 valence electrons. The highest BCUT2D eigenvalue weighted by Crippen LogP contribution is 2.31. The largest absolute Gasteiger partial charge is 0.364 e. The first-order valence-electron chi connectivity index (χ1n) is 4.20. The van der Waals surface area contributed by atoms with Gasteiger partial charge < -0.3 is 4.90 Å². The molecule has 1 aromatic heterocycles. The van der Waals surface area contributed by atoms with E-state index in [4.69, 9.17) is 0 Å². The van der Waals surface area contributed by atoms with Crippen LogP contribution >= 0.6 is 23.1 Å². The first-order chi connectivity index (χ1) is 5.81. The molecule has 0 aliphatic carbocycles. The molecule has 0 amide bonds. The molecule has 0 aliphatic rings. The molecular weight excluding hydrogens is 186 g/mol. The first kappa shape index (κ1) is 9.93. The van der Waals surface area contributed by atoms with Crippen LogP contribution in [-0.2, 0) is 0 Å². The van der Waals surface area contributed by atoms with Crippen LogP contribution in [0.25, 0.3) is 0 Å². The van der Waals surface area contributed by atoms with Gasteiger partial charge in [0.15, 0.2) is 0 Å². The van der Waals surface area contributed by atoms with Crippen molar-refractivity contribution < 1.29 is 0 Å². The molecule has 0 saturated heterocycles. The number of nitrogens with zero attached hydrogens (tertiary/aromatic N) is 1. The van der Waals surface area contributed by atoms with Gasteiger partial charge in [-0.15, -0.1) is 23.1 Å². The third-order valence-corrected chi connectivity index (χ3v) is 4.07. The maximum atomic E-state index is 2.38. The van der Waals surface area contributed by atoms with Gasteiger partial charge >= 0.3 is 0 Å². The summed E-state index contributed by atoms with van der Waals surface area (Å²) in [5, 5.41) is 1.39.